The average molecular weight is 305 g/mol. The Morgan fingerprint density at radius 1 is 1.22 bits per heavy atom. The fourth-order valence-electron chi connectivity index (χ4n) is 2.01. The zero-order chi connectivity index (χ0) is 12.4. The van der Waals surface area contributed by atoms with E-state index in [1.54, 1.807) is 0 Å². The van der Waals surface area contributed by atoms with Crippen molar-refractivity contribution in [3.63, 3.8) is 0 Å². The first-order valence-corrected chi connectivity index (χ1v) is 6.70. The molecule has 0 atom stereocenters. The second-order valence-electron chi connectivity index (χ2n) is 4.23. The van der Waals surface area contributed by atoms with Crippen molar-refractivity contribution in [2.45, 2.75) is 13.0 Å². The number of nitrogens with zero attached hydrogens (tertiary/aromatic N) is 2. The van der Waals surface area contributed by atoms with Gasteiger partial charge in [-0.25, -0.2) is 0 Å². The van der Waals surface area contributed by atoms with Gasteiger partial charge in [-0.1, -0.05) is 12.1 Å². The molecule has 92 valence electrons. The Kier molecular flexibility index (Phi) is 3.25. The molecule has 2 heterocycles. The van der Waals surface area contributed by atoms with Crippen LogP contribution in [0.1, 0.15) is 11.3 Å². The number of benzene rings is 1. The van der Waals surface area contributed by atoms with Crippen molar-refractivity contribution in [1.82, 2.24) is 15.5 Å². The van der Waals surface area contributed by atoms with Gasteiger partial charge in [0.25, 0.3) is 0 Å². The van der Waals surface area contributed by atoms with E-state index in [0.717, 1.165) is 41.2 Å². The predicted octanol–water partition coefficient (Wildman–Crippen LogP) is 2.63. The second-order valence-corrected chi connectivity index (χ2v) is 5.09. The highest BCUT2D eigenvalue weighted by atomic mass is 79.9. The molecule has 0 aliphatic carbocycles. The number of nitrogens with one attached hydrogen (secondary N) is 2. The first-order chi connectivity index (χ1) is 8.83. The Morgan fingerprint density at radius 2 is 2.11 bits per heavy atom. The lowest BCUT2D eigenvalue weighted by Crippen LogP contribution is -2.25. The van der Waals surface area contributed by atoms with E-state index in [1.807, 2.05) is 24.3 Å². The maximum Gasteiger partial charge on any atom is 0.153 e. The summed E-state index contributed by atoms with van der Waals surface area (Å²) in [6.45, 7) is 1.86. The fraction of sp³-hybridized carbons (Fsp3) is 0.231. The molecule has 1 aliphatic rings. The molecule has 1 aliphatic heterocycles. The SMILES string of the molecule is Brc1ccccc1Nc1cc2c(nn1)CCNC2. The summed E-state index contributed by atoms with van der Waals surface area (Å²) in [5.41, 5.74) is 3.33. The molecule has 0 radical (unpaired) electrons. The lowest BCUT2D eigenvalue weighted by atomic mass is 10.1. The van der Waals surface area contributed by atoms with Gasteiger partial charge in [0, 0.05) is 24.0 Å². The molecule has 0 unspecified atom stereocenters. The van der Waals surface area contributed by atoms with Gasteiger partial charge in [-0.15, -0.1) is 5.10 Å². The molecular formula is C13H13BrN4. The number of anilines is 2. The molecular weight excluding hydrogens is 292 g/mol. The van der Waals surface area contributed by atoms with Crippen molar-refractivity contribution in [3.8, 4) is 0 Å². The number of fused-ring (bicyclic) bond motifs is 1. The van der Waals surface area contributed by atoms with E-state index in [0.29, 0.717) is 0 Å². The molecule has 5 heteroatoms. The van der Waals surface area contributed by atoms with Crippen molar-refractivity contribution in [3.05, 3.63) is 46.1 Å². The number of aromatic nitrogens is 2. The maximum absolute atomic E-state index is 4.28. The van der Waals surface area contributed by atoms with Crippen LogP contribution in [-0.2, 0) is 13.0 Å². The third-order valence-corrected chi connectivity index (χ3v) is 3.64. The molecule has 0 saturated carbocycles. The van der Waals surface area contributed by atoms with Gasteiger partial charge < -0.3 is 10.6 Å². The summed E-state index contributed by atoms with van der Waals surface area (Å²) in [6.07, 6.45) is 0.956. The minimum absolute atomic E-state index is 0.782. The van der Waals surface area contributed by atoms with Gasteiger partial charge in [0.1, 0.15) is 0 Å². The van der Waals surface area contributed by atoms with Crippen LogP contribution < -0.4 is 10.6 Å². The van der Waals surface area contributed by atoms with E-state index < -0.39 is 0 Å². The minimum Gasteiger partial charge on any atom is -0.338 e. The third kappa shape index (κ3) is 2.37. The number of halogens is 1. The Labute approximate surface area is 114 Å². The molecule has 1 aromatic carbocycles. The van der Waals surface area contributed by atoms with E-state index in [4.69, 9.17) is 0 Å². The Balaban J connectivity index is 1.87. The lowest BCUT2D eigenvalue weighted by molar-refractivity contribution is 0.621. The molecule has 4 nitrogen and oxygen atoms in total. The number of hydrogen-bond acceptors (Lipinski definition) is 4. The first kappa shape index (κ1) is 11.6. The zero-order valence-corrected chi connectivity index (χ0v) is 11.4. The smallest absolute Gasteiger partial charge is 0.153 e. The van der Waals surface area contributed by atoms with Crippen LogP contribution >= 0.6 is 15.9 Å². The van der Waals surface area contributed by atoms with Gasteiger partial charge in [-0.2, -0.15) is 5.10 Å². The largest absolute Gasteiger partial charge is 0.338 e. The van der Waals surface area contributed by atoms with Crippen LogP contribution in [-0.4, -0.2) is 16.7 Å². The Bertz CT molecular complexity index is 571. The predicted molar refractivity (Wildman–Crippen MR) is 74.9 cm³/mol. The normalized spacial score (nSPS) is 14.1. The molecule has 2 aromatic rings. The van der Waals surface area contributed by atoms with Crippen molar-refractivity contribution in [2.24, 2.45) is 0 Å². The summed E-state index contributed by atoms with van der Waals surface area (Å²) in [5.74, 6) is 0.782. The molecule has 1 aromatic heterocycles. The summed E-state index contributed by atoms with van der Waals surface area (Å²) in [6, 6.07) is 10.0. The number of para-hydroxylation sites is 1. The maximum atomic E-state index is 4.28. The van der Waals surface area contributed by atoms with E-state index in [1.165, 1.54) is 5.56 Å². The van der Waals surface area contributed by atoms with Gasteiger partial charge in [0.05, 0.1) is 11.4 Å². The molecule has 0 amide bonds. The highest BCUT2D eigenvalue weighted by molar-refractivity contribution is 9.10. The number of hydrogen-bond donors (Lipinski definition) is 2. The van der Waals surface area contributed by atoms with Crippen LogP contribution in [0.15, 0.2) is 34.8 Å². The molecule has 0 fully saturated rings. The minimum atomic E-state index is 0.782. The molecule has 0 bridgehead atoms. The molecule has 0 spiro atoms. The lowest BCUT2D eigenvalue weighted by Gasteiger charge is -2.16. The van der Waals surface area contributed by atoms with Crippen LogP contribution in [0.5, 0.6) is 0 Å². The van der Waals surface area contributed by atoms with Gasteiger partial charge >= 0.3 is 0 Å². The number of rotatable bonds is 2. The summed E-state index contributed by atoms with van der Waals surface area (Å²) >= 11 is 3.51. The van der Waals surface area contributed by atoms with Crippen LogP contribution in [0.4, 0.5) is 11.5 Å². The average Bonchev–Trinajstić information content (AvgIpc) is 2.41. The first-order valence-electron chi connectivity index (χ1n) is 5.91. The highest BCUT2D eigenvalue weighted by Gasteiger charge is 2.11. The van der Waals surface area contributed by atoms with Gasteiger partial charge in [0.2, 0.25) is 0 Å². The van der Waals surface area contributed by atoms with Crippen LogP contribution in [0.25, 0.3) is 0 Å². The van der Waals surface area contributed by atoms with Gasteiger partial charge in [-0.05, 0) is 39.7 Å². The second kappa shape index (κ2) is 5.04. The molecule has 18 heavy (non-hydrogen) atoms. The van der Waals surface area contributed by atoms with Crippen LogP contribution in [0.2, 0.25) is 0 Å². The topological polar surface area (TPSA) is 49.8 Å². The fourth-order valence-corrected chi connectivity index (χ4v) is 2.39. The van der Waals surface area contributed by atoms with E-state index >= 15 is 0 Å². The Hall–Kier alpha value is -1.46. The van der Waals surface area contributed by atoms with Crippen molar-refractivity contribution >= 4 is 27.4 Å². The summed E-state index contributed by atoms with van der Waals surface area (Å²) in [5, 5.41) is 15.1. The van der Waals surface area contributed by atoms with E-state index in [9.17, 15) is 0 Å². The molecule has 3 rings (SSSR count). The highest BCUT2D eigenvalue weighted by Crippen LogP contribution is 2.25. The quantitative estimate of drug-likeness (QED) is 0.895. The molecule has 2 N–H and O–H groups in total. The van der Waals surface area contributed by atoms with Crippen LogP contribution in [0.3, 0.4) is 0 Å². The van der Waals surface area contributed by atoms with Crippen molar-refractivity contribution in [2.75, 3.05) is 11.9 Å². The van der Waals surface area contributed by atoms with Crippen molar-refractivity contribution in [1.29, 1.82) is 0 Å². The van der Waals surface area contributed by atoms with Gasteiger partial charge in [-0.3, -0.25) is 0 Å². The van der Waals surface area contributed by atoms with E-state index in [2.05, 4.69) is 42.8 Å². The van der Waals surface area contributed by atoms with Crippen molar-refractivity contribution < 1.29 is 0 Å². The summed E-state index contributed by atoms with van der Waals surface area (Å²) in [7, 11) is 0. The van der Waals surface area contributed by atoms with Gasteiger partial charge in [0.15, 0.2) is 5.82 Å². The Morgan fingerprint density at radius 3 is 3.00 bits per heavy atom. The van der Waals surface area contributed by atoms with E-state index in [-0.39, 0.29) is 0 Å². The third-order valence-electron chi connectivity index (χ3n) is 2.95. The monoisotopic (exact) mass is 304 g/mol. The van der Waals surface area contributed by atoms with Crippen LogP contribution in [0, 0.1) is 0 Å². The zero-order valence-electron chi connectivity index (χ0n) is 9.78. The standard InChI is InChI=1S/C13H13BrN4/c14-10-3-1-2-4-12(10)16-13-7-9-8-15-6-5-11(9)17-18-13/h1-4,7,15H,5-6,8H2,(H,16,18). The summed E-state index contributed by atoms with van der Waals surface area (Å²) < 4.78 is 1.02. The molecule has 0 saturated heterocycles. The summed E-state index contributed by atoms with van der Waals surface area (Å²) in [4.78, 5) is 0.